The van der Waals surface area contributed by atoms with Crippen LogP contribution in [0.25, 0.3) is 0 Å². The minimum Gasteiger partial charge on any atom is -0.383 e. The molecule has 0 radical (unpaired) electrons. The van der Waals surface area contributed by atoms with E-state index in [1.807, 2.05) is 0 Å². The Balaban J connectivity index is 2.61. The standard InChI is InChI=1S/C15H25FN2O2S/c1-4-5-6-7-8-12(2)17-13-9-10-14(16)15(11-13)18-21(3,19)20/h9-12,17-18H,4-8H2,1-3H3. The van der Waals surface area contributed by atoms with Gasteiger partial charge in [-0.3, -0.25) is 4.72 Å². The number of nitrogens with one attached hydrogen (secondary N) is 2. The molecule has 6 heteroatoms. The van der Waals surface area contributed by atoms with Gasteiger partial charge in [0, 0.05) is 11.7 Å². The Kier molecular flexibility index (Phi) is 6.95. The van der Waals surface area contributed by atoms with Crippen LogP contribution in [0.3, 0.4) is 0 Å². The van der Waals surface area contributed by atoms with Gasteiger partial charge < -0.3 is 5.32 Å². The minimum atomic E-state index is -3.48. The van der Waals surface area contributed by atoms with Crippen LogP contribution in [0.4, 0.5) is 15.8 Å². The smallest absolute Gasteiger partial charge is 0.229 e. The third-order valence-electron chi connectivity index (χ3n) is 3.17. The summed E-state index contributed by atoms with van der Waals surface area (Å²) < 4.78 is 38.1. The van der Waals surface area contributed by atoms with Crippen molar-refractivity contribution in [1.29, 1.82) is 0 Å². The number of benzene rings is 1. The molecule has 0 amide bonds. The second-order valence-corrected chi connectivity index (χ2v) is 7.21. The molecule has 0 saturated carbocycles. The van der Waals surface area contributed by atoms with Gasteiger partial charge in [-0.25, -0.2) is 12.8 Å². The molecule has 0 aliphatic carbocycles. The Morgan fingerprint density at radius 2 is 1.95 bits per heavy atom. The van der Waals surface area contributed by atoms with E-state index in [0.717, 1.165) is 19.1 Å². The lowest BCUT2D eigenvalue weighted by molar-refractivity contribution is 0.593. The van der Waals surface area contributed by atoms with Gasteiger partial charge in [0.05, 0.1) is 11.9 Å². The van der Waals surface area contributed by atoms with Gasteiger partial charge in [0.1, 0.15) is 5.82 Å². The van der Waals surface area contributed by atoms with Gasteiger partial charge >= 0.3 is 0 Å². The Hall–Kier alpha value is -1.30. The van der Waals surface area contributed by atoms with Gasteiger partial charge in [-0.1, -0.05) is 32.6 Å². The van der Waals surface area contributed by atoms with Crippen molar-refractivity contribution in [3.8, 4) is 0 Å². The van der Waals surface area contributed by atoms with Gasteiger partial charge in [0.15, 0.2) is 0 Å². The van der Waals surface area contributed by atoms with Crippen LogP contribution in [0.5, 0.6) is 0 Å². The number of sulfonamides is 1. The Morgan fingerprint density at radius 1 is 1.24 bits per heavy atom. The summed E-state index contributed by atoms with van der Waals surface area (Å²) in [7, 11) is -3.48. The molecule has 0 bridgehead atoms. The van der Waals surface area contributed by atoms with Crippen LogP contribution >= 0.6 is 0 Å². The molecule has 0 aliphatic rings. The summed E-state index contributed by atoms with van der Waals surface area (Å²) >= 11 is 0. The zero-order valence-electron chi connectivity index (χ0n) is 12.9. The first-order chi connectivity index (χ1) is 9.81. The lowest BCUT2D eigenvalue weighted by atomic mass is 10.1. The highest BCUT2D eigenvalue weighted by Gasteiger charge is 2.09. The van der Waals surface area contributed by atoms with Crippen LogP contribution in [-0.2, 0) is 10.0 Å². The zero-order chi connectivity index (χ0) is 15.9. The van der Waals surface area contributed by atoms with Crippen molar-refractivity contribution >= 4 is 21.4 Å². The van der Waals surface area contributed by atoms with Crippen molar-refractivity contribution in [3.63, 3.8) is 0 Å². The summed E-state index contributed by atoms with van der Waals surface area (Å²) in [5, 5.41) is 3.27. The van der Waals surface area contributed by atoms with Crippen molar-refractivity contribution in [2.45, 2.75) is 52.0 Å². The van der Waals surface area contributed by atoms with Gasteiger partial charge in [-0.2, -0.15) is 0 Å². The lowest BCUT2D eigenvalue weighted by Gasteiger charge is -2.16. The van der Waals surface area contributed by atoms with Crippen LogP contribution in [0.1, 0.15) is 46.0 Å². The summed E-state index contributed by atoms with van der Waals surface area (Å²) in [6.07, 6.45) is 6.85. The Labute approximate surface area is 127 Å². The molecule has 2 N–H and O–H groups in total. The van der Waals surface area contributed by atoms with E-state index in [2.05, 4.69) is 23.9 Å². The fourth-order valence-corrected chi connectivity index (χ4v) is 2.68. The first kappa shape index (κ1) is 17.8. The highest BCUT2D eigenvalue weighted by molar-refractivity contribution is 7.92. The zero-order valence-corrected chi connectivity index (χ0v) is 13.8. The number of unbranched alkanes of at least 4 members (excludes halogenated alkanes) is 3. The van der Waals surface area contributed by atoms with E-state index in [1.54, 1.807) is 6.07 Å². The van der Waals surface area contributed by atoms with E-state index >= 15 is 0 Å². The SMILES string of the molecule is CCCCCCC(C)Nc1ccc(F)c(NS(C)(=O)=O)c1. The molecule has 1 aromatic rings. The average molecular weight is 316 g/mol. The number of hydrogen-bond acceptors (Lipinski definition) is 3. The number of halogens is 1. The number of anilines is 2. The molecule has 1 rings (SSSR count). The summed E-state index contributed by atoms with van der Waals surface area (Å²) in [5.41, 5.74) is 0.686. The molecule has 0 aromatic heterocycles. The van der Waals surface area contributed by atoms with Gasteiger partial charge in [0.25, 0.3) is 0 Å². The molecular formula is C15H25FN2O2S. The monoisotopic (exact) mass is 316 g/mol. The van der Waals surface area contributed by atoms with Crippen molar-refractivity contribution < 1.29 is 12.8 Å². The maximum absolute atomic E-state index is 13.6. The molecule has 0 saturated heterocycles. The molecule has 0 spiro atoms. The number of rotatable bonds is 9. The Morgan fingerprint density at radius 3 is 2.57 bits per heavy atom. The molecular weight excluding hydrogens is 291 g/mol. The summed E-state index contributed by atoms with van der Waals surface area (Å²) in [6.45, 7) is 4.25. The lowest BCUT2D eigenvalue weighted by Crippen LogP contribution is -2.16. The predicted octanol–water partition coefficient (Wildman–Crippen LogP) is 3.97. The van der Waals surface area contributed by atoms with Gasteiger partial charge in [-0.15, -0.1) is 0 Å². The first-order valence-electron chi connectivity index (χ1n) is 7.35. The third-order valence-corrected chi connectivity index (χ3v) is 3.76. The van der Waals surface area contributed by atoms with Crippen LogP contribution in [-0.4, -0.2) is 20.7 Å². The van der Waals surface area contributed by atoms with E-state index in [0.29, 0.717) is 5.69 Å². The second kappa shape index (κ2) is 8.22. The summed E-state index contributed by atoms with van der Waals surface area (Å²) in [5.74, 6) is -0.582. The highest BCUT2D eigenvalue weighted by atomic mass is 32.2. The van der Waals surface area contributed by atoms with Gasteiger partial charge in [-0.05, 0) is 31.5 Å². The summed E-state index contributed by atoms with van der Waals surface area (Å²) in [6, 6.07) is 4.63. The first-order valence-corrected chi connectivity index (χ1v) is 9.25. The van der Waals surface area contributed by atoms with Crippen molar-refractivity contribution in [3.05, 3.63) is 24.0 Å². The molecule has 0 heterocycles. The van der Waals surface area contributed by atoms with E-state index < -0.39 is 15.8 Å². The Bertz CT molecular complexity index is 547. The largest absolute Gasteiger partial charge is 0.383 e. The van der Waals surface area contributed by atoms with Crippen molar-refractivity contribution in [1.82, 2.24) is 0 Å². The topological polar surface area (TPSA) is 58.2 Å². The van der Waals surface area contributed by atoms with E-state index in [-0.39, 0.29) is 11.7 Å². The molecule has 1 aromatic carbocycles. The minimum absolute atomic E-state index is 0.0271. The van der Waals surface area contributed by atoms with Crippen LogP contribution < -0.4 is 10.0 Å². The molecule has 21 heavy (non-hydrogen) atoms. The highest BCUT2D eigenvalue weighted by Crippen LogP contribution is 2.21. The molecule has 1 atom stereocenters. The fourth-order valence-electron chi connectivity index (χ4n) is 2.13. The quantitative estimate of drug-likeness (QED) is 0.678. The van der Waals surface area contributed by atoms with E-state index in [1.165, 1.54) is 31.4 Å². The van der Waals surface area contributed by atoms with Crippen LogP contribution in [0.2, 0.25) is 0 Å². The van der Waals surface area contributed by atoms with Gasteiger partial charge in [0.2, 0.25) is 10.0 Å². The normalized spacial score (nSPS) is 13.0. The van der Waals surface area contributed by atoms with Crippen molar-refractivity contribution in [2.75, 3.05) is 16.3 Å². The maximum atomic E-state index is 13.6. The molecule has 120 valence electrons. The molecule has 1 unspecified atom stereocenters. The molecule has 4 nitrogen and oxygen atoms in total. The maximum Gasteiger partial charge on any atom is 0.229 e. The second-order valence-electron chi connectivity index (χ2n) is 5.46. The fraction of sp³-hybridized carbons (Fsp3) is 0.600. The number of hydrogen-bond donors (Lipinski definition) is 2. The average Bonchev–Trinajstić information content (AvgIpc) is 2.37. The molecule has 0 fully saturated rings. The van der Waals surface area contributed by atoms with E-state index in [4.69, 9.17) is 0 Å². The molecule has 0 aliphatic heterocycles. The van der Waals surface area contributed by atoms with Crippen LogP contribution in [0.15, 0.2) is 18.2 Å². The van der Waals surface area contributed by atoms with Crippen molar-refractivity contribution in [2.24, 2.45) is 0 Å². The predicted molar refractivity (Wildman–Crippen MR) is 86.7 cm³/mol. The summed E-state index contributed by atoms with van der Waals surface area (Å²) in [4.78, 5) is 0. The van der Waals surface area contributed by atoms with E-state index in [9.17, 15) is 12.8 Å². The van der Waals surface area contributed by atoms with Crippen LogP contribution in [0, 0.1) is 5.82 Å². The third kappa shape index (κ3) is 7.32.